The molecule has 1 atom stereocenters. The van der Waals surface area contributed by atoms with E-state index < -0.39 is 0 Å². The van der Waals surface area contributed by atoms with E-state index in [9.17, 15) is 4.79 Å². The van der Waals surface area contributed by atoms with Crippen LogP contribution in [0.3, 0.4) is 0 Å². The largest absolute Gasteiger partial charge is 0.307 e. The molecule has 108 valence electrons. The highest BCUT2D eigenvalue weighted by Gasteiger charge is 2.24. The summed E-state index contributed by atoms with van der Waals surface area (Å²) in [6.45, 7) is 2.98. The number of para-hydroxylation sites is 1. The molecule has 0 fully saturated rings. The van der Waals surface area contributed by atoms with Crippen LogP contribution in [0.4, 0.5) is 5.69 Å². The summed E-state index contributed by atoms with van der Waals surface area (Å²) in [6.07, 6.45) is 0.999. The first-order chi connectivity index (χ1) is 10.1. The Kier molecular flexibility index (Phi) is 4.36. The molecule has 1 aliphatic heterocycles. The highest BCUT2D eigenvalue weighted by atomic mass is 79.9. The third kappa shape index (κ3) is 3.16. The van der Waals surface area contributed by atoms with E-state index in [-0.39, 0.29) is 5.91 Å². The van der Waals surface area contributed by atoms with Crippen molar-refractivity contribution >= 4 is 39.3 Å². The Bertz CT molecular complexity index is 673. The molecule has 4 heteroatoms. The van der Waals surface area contributed by atoms with Crippen molar-refractivity contribution in [2.24, 2.45) is 0 Å². The molecule has 0 saturated heterocycles. The monoisotopic (exact) mass is 361 g/mol. The minimum Gasteiger partial charge on any atom is -0.307 e. The molecule has 3 rings (SSSR count). The lowest BCUT2D eigenvalue weighted by molar-refractivity contribution is 0.0986. The van der Waals surface area contributed by atoms with Gasteiger partial charge < -0.3 is 4.90 Å². The summed E-state index contributed by atoms with van der Waals surface area (Å²) in [5.74, 6) is 0.0680. The highest BCUT2D eigenvalue weighted by molar-refractivity contribution is 9.10. The van der Waals surface area contributed by atoms with Crippen LogP contribution in [0.25, 0.3) is 0 Å². The van der Waals surface area contributed by atoms with Crippen molar-refractivity contribution in [1.82, 2.24) is 0 Å². The number of hydrogen-bond donors (Lipinski definition) is 0. The zero-order chi connectivity index (χ0) is 14.8. The Morgan fingerprint density at radius 2 is 2.05 bits per heavy atom. The number of carbonyl (C=O) groups excluding carboxylic acids is 1. The highest BCUT2D eigenvalue weighted by Crippen LogP contribution is 2.37. The van der Waals surface area contributed by atoms with Crippen LogP contribution in [0.1, 0.15) is 23.7 Å². The molecule has 0 aromatic heterocycles. The molecular formula is C17H16BrNOS. The Hall–Kier alpha value is -1.26. The van der Waals surface area contributed by atoms with Gasteiger partial charge in [-0.25, -0.2) is 0 Å². The second-order valence-electron chi connectivity index (χ2n) is 5.15. The number of halogens is 1. The fraction of sp³-hybridized carbons (Fsp3) is 0.235. The van der Waals surface area contributed by atoms with Crippen molar-refractivity contribution in [3.05, 3.63) is 58.6 Å². The van der Waals surface area contributed by atoms with Gasteiger partial charge in [0.25, 0.3) is 5.91 Å². The smallest absolute Gasteiger partial charge is 0.258 e. The topological polar surface area (TPSA) is 20.3 Å². The van der Waals surface area contributed by atoms with E-state index in [0.29, 0.717) is 5.25 Å². The molecule has 2 aromatic carbocycles. The van der Waals surface area contributed by atoms with Crippen molar-refractivity contribution in [1.29, 1.82) is 0 Å². The lowest BCUT2D eigenvalue weighted by atomic mass is 10.1. The van der Waals surface area contributed by atoms with E-state index in [0.717, 1.165) is 28.7 Å². The molecule has 1 amide bonds. The number of benzene rings is 2. The summed E-state index contributed by atoms with van der Waals surface area (Å²) in [5, 5.41) is 0.520. The van der Waals surface area contributed by atoms with Gasteiger partial charge in [-0.15, -0.1) is 11.8 Å². The van der Waals surface area contributed by atoms with Gasteiger partial charge in [-0.1, -0.05) is 41.1 Å². The van der Waals surface area contributed by atoms with Gasteiger partial charge in [0.2, 0.25) is 0 Å². The van der Waals surface area contributed by atoms with Gasteiger partial charge in [-0.3, -0.25) is 4.79 Å². The fourth-order valence-electron chi connectivity index (χ4n) is 2.48. The minimum atomic E-state index is 0.0680. The van der Waals surface area contributed by atoms with Gasteiger partial charge in [0, 0.05) is 26.7 Å². The number of anilines is 1. The third-order valence-corrected chi connectivity index (χ3v) is 5.29. The standard InChI is InChI=1S/C17H16BrNOS/c1-12-9-10-19(15-7-2-3-8-16(15)21-12)17(20)13-5-4-6-14(18)11-13/h2-8,11-12H,9-10H2,1H3/t12-/m1/s1. The van der Waals surface area contributed by atoms with E-state index in [2.05, 4.69) is 28.9 Å². The first kappa shape index (κ1) is 14.7. The van der Waals surface area contributed by atoms with E-state index in [4.69, 9.17) is 0 Å². The maximum atomic E-state index is 12.9. The molecular weight excluding hydrogens is 346 g/mol. The number of carbonyl (C=O) groups is 1. The van der Waals surface area contributed by atoms with Crippen molar-refractivity contribution < 1.29 is 4.79 Å². The van der Waals surface area contributed by atoms with Crippen LogP contribution in [0, 0.1) is 0 Å². The van der Waals surface area contributed by atoms with Crippen LogP contribution in [-0.2, 0) is 0 Å². The number of fused-ring (bicyclic) bond motifs is 1. The zero-order valence-electron chi connectivity index (χ0n) is 11.8. The van der Waals surface area contributed by atoms with Crippen LogP contribution >= 0.6 is 27.7 Å². The van der Waals surface area contributed by atoms with Crippen LogP contribution in [-0.4, -0.2) is 17.7 Å². The number of hydrogen-bond acceptors (Lipinski definition) is 2. The molecule has 0 aliphatic carbocycles. The molecule has 0 radical (unpaired) electrons. The van der Waals surface area contributed by atoms with Crippen molar-refractivity contribution in [3.63, 3.8) is 0 Å². The van der Waals surface area contributed by atoms with Crippen molar-refractivity contribution in [2.75, 3.05) is 11.4 Å². The lowest BCUT2D eigenvalue weighted by Gasteiger charge is -2.22. The fourth-order valence-corrected chi connectivity index (χ4v) is 3.99. The molecule has 1 heterocycles. The molecule has 2 nitrogen and oxygen atoms in total. The predicted octanol–water partition coefficient (Wildman–Crippen LogP) is 4.98. The van der Waals surface area contributed by atoms with E-state index in [1.165, 1.54) is 4.90 Å². The Morgan fingerprint density at radius 3 is 2.86 bits per heavy atom. The van der Waals surface area contributed by atoms with Crippen LogP contribution in [0.15, 0.2) is 57.9 Å². The summed E-state index contributed by atoms with van der Waals surface area (Å²) >= 11 is 5.29. The maximum absolute atomic E-state index is 12.9. The molecule has 2 aromatic rings. The summed E-state index contributed by atoms with van der Waals surface area (Å²) in [5.41, 5.74) is 1.75. The molecule has 21 heavy (non-hydrogen) atoms. The normalized spacial score (nSPS) is 18.0. The summed E-state index contributed by atoms with van der Waals surface area (Å²) in [6, 6.07) is 15.8. The van der Waals surface area contributed by atoms with Crippen LogP contribution in [0.5, 0.6) is 0 Å². The molecule has 1 aliphatic rings. The summed E-state index contributed by atoms with van der Waals surface area (Å²) in [4.78, 5) is 16.0. The summed E-state index contributed by atoms with van der Waals surface area (Å²) in [7, 11) is 0. The van der Waals surface area contributed by atoms with Crippen LogP contribution < -0.4 is 4.90 Å². The van der Waals surface area contributed by atoms with Gasteiger partial charge in [-0.2, -0.15) is 0 Å². The maximum Gasteiger partial charge on any atom is 0.258 e. The Morgan fingerprint density at radius 1 is 1.24 bits per heavy atom. The lowest BCUT2D eigenvalue weighted by Crippen LogP contribution is -2.32. The first-order valence-electron chi connectivity index (χ1n) is 6.98. The second-order valence-corrected chi connectivity index (χ2v) is 7.55. The first-order valence-corrected chi connectivity index (χ1v) is 8.65. The Balaban J connectivity index is 2.00. The molecule has 0 bridgehead atoms. The second kappa shape index (κ2) is 6.24. The average Bonchev–Trinajstić information content (AvgIpc) is 2.65. The van der Waals surface area contributed by atoms with Crippen molar-refractivity contribution in [3.8, 4) is 0 Å². The average molecular weight is 362 g/mol. The number of amides is 1. The van der Waals surface area contributed by atoms with Gasteiger partial charge in [0.1, 0.15) is 0 Å². The van der Waals surface area contributed by atoms with E-state index >= 15 is 0 Å². The predicted molar refractivity (Wildman–Crippen MR) is 92.2 cm³/mol. The quantitative estimate of drug-likeness (QED) is 0.713. The van der Waals surface area contributed by atoms with Gasteiger partial charge in [0.05, 0.1) is 5.69 Å². The number of nitrogens with zero attached hydrogens (tertiary/aromatic N) is 1. The zero-order valence-corrected chi connectivity index (χ0v) is 14.2. The van der Waals surface area contributed by atoms with E-state index in [1.807, 2.05) is 59.1 Å². The molecule has 0 spiro atoms. The number of rotatable bonds is 1. The summed E-state index contributed by atoms with van der Waals surface area (Å²) < 4.78 is 0.930. The van der Waals surface area contributed by atoms with Gasteiger partial charge >= 0.3 is 0 Å². The van der Waals surface area contributed by atoms with E-state index in [1.54, 1.807) is 0 Å². The van der Waals surface area contributed by atoms with Gasteiger partial charge in [-0.05, 0) is 36.8 Å². The third-order valence-electron chi connectivity index (χ3n) is 3.56. The molecule has 0 N–H and O–H groups in total. The Labute approximate surface area is 137 Å². The van der Waals surface area contributed by atoms with Crippen LogP contribution in [0.2, 0.25) is 0 Å². The number of thioether (sulfide) groups is 1. The molecule has 0 unspecified atom stereocenters. The minimum absolute atomic E-state index is 0.0680. The SMILES string of the molecule is C[C@@H]1CCN(C(=O)c2cccc(Br)c2)c2ccccc2S1. The molecule has 0 saturated carbocycles. The van der Waals surface area contributed by atoms with Gasteiger partial charge in [0.15, 0.2) is 0 Å². The van der Waals surface area contributed by atoms with Crippen molar-refractivity contribution in [2.45, 2.75) is 23.5 Å².